The number of aryl methyl sites for hydroxylation is 2. The topological polar surface area (TPSA) is 15.8 Å². The Balaban J connectivity index is 1.86. The third-order valence-corrected chi connectivity index (χ3v) is 5.55. The second-order valence-corrected chi connectivity index (χ2v) is 8.16. The molecule has 1 heteroatoms. The summed E-state index contributed by atoms with van der Waals surface area (Å²) in [7, 11) is 0. The smallest absolute Gasteiger partial charge is 0.0486 e. The average Bonchev–Trinajstić information content (AvgIpc) is 2.82. The Labute approximate surface area is 129 Å². The van der Waals surface area contributed by atoms with Gasteiger partial charge in [-0.1, -0.05) is 32.4 Å². The van der Waals surface area contributed by atoms with Crippen LogP contribution in [0.25, 0.3) is 10.9 Å². The third-order valence-electron chi connectivity index (χ3n) is 5.55. The Kier molecular flexibility index (Phi) is 3.63. The monoisotopic (exact) mass is 283 g/mol. The minimum atomic E-state index is 0.471. The zero-order valence-electron chi connectivity index (χ0n) is 14.2. The first-order chi connectivity index (χ1) is 9.86. The Hall–Kier alpha value is -1.24. The van der Waals surface area contributed by atoms with Crippen molar-refractivity contribution in [1.29, 1.82) is 0 Å². The van der Waals surface area contributed by atoms with Crippen molar-refractivity contribution in [3.8, 4) is 0 Å². The van der Waals surface area contributed by atoms with E-state index in [4.69, 9.17) is 0 Å². The van der Waals surface area contributed by atoms with Crippen LogP contribution >= 0.6 is 0 Å². The van der Waals surface area contributed by atoms with Gasteiger partial charge >= 0.3 is 0 Å². The van der Waals surface area contributed by atoms with Crippen LogP contribution in [0.2, 0.25) is 0 Å². The summed E-state index contributed by atoms with van der Waals surface area (Å²) in [6.45, 7) is 11.6. The van der Waals surface area contributed by atoms with Gasteiger partial charge < -0.3 is 4.98 Å². The molecule has 0 atom stereocenters. The van der Waals surface area contributed by atoms with Gasteiger partial charge in [-0.2, -0.15) is 0 Å². The van der Waals surface area contributed by atoms with Crippen molar-refractivity contribution in [2.45, 2.75) is 66.2 Å². The van der Waals surface area contributed by atoms with Crippen LogP contribution in [0.4, 0.5) is 0 Å². The van der Waals surface area contributed by atoms with Crippen LogP contribution in [0.5, 0.6) is 0 Å². The molecule has 1 heterocycles. The molecular weight excluding hydrogens is 254 g/mol. The van der Waals surface area contributed by atoms with Crippen molar-refractivity contribution < 1.29 is 0 Å². The van der Waals surface area contributed by atoms with E-state index in [0.29, 0.717) is 5.41 Å². The largest absolute Gasteiger partial charge is 0.361 e. The Bertz CT molecular complexity index is 634. The van der Waals surface area contributed by atoms with Crippen LogP contribution < -0.4 is 0 Å². The first kappa shape index (κ1) is 14.7. The highest BCUT2D eigenvalue weighted by molar-refractivity contribution is 5.87. The molecule has 114 valence electrons. The zero-order chi connectivity index (χ0) is 15.2. The first-order valence-corrected chi connectivity index (χ1v) is 8.44. The molecule has 0 aliphatic heterocycles. The number of nitrogens with one attached hydrogen (secondary N) is 1. The molecule has 0 bridgehead atoms. The predicted molar refractivity (Wildman–Crippen MR) is 91.9 cm³/mol. The van der Waals surface area contributed by atoms with E-state index in [-0.39, 0.29) is 0 Å². The summed E-state index contributed by atoms with van der Waals surface area (Å²) in [6, 6.07) is 4.64. The lowest BCUT2D eigenvalue weighted by Crippen LogP contribution is -2.25. The molecule has 1 aromatic heterocycles. The predicted octanol–water partition coefficient (Wildman–Crippen LogP) is 6.10. The summed E-state index contributed by atoms with van der Waals surface area (Å²) in [4.78, 5) is 3.52. The van der Waals surface area contributed by atoms with Crippen molar-refractivity contribution >= 4 is 10.9 Å². The molecule has 1 fully saturated rings. The summed E-state index contributed by atoms with van der Waals surface area (Å²) in [5.74, 6) is 1.64. The van der Waals surface area contributed by atoms with Crippen LogP contribution in [0.1, 0.15) is 69.1 Å². The number of benzene rings is 1. The number of aromatic nitrogens is 1. The van der Waals surface area contributed by atoms with E-state index in [1.165, 1.54) is 47.7 Å². The molecular formula is C20H29N. The van der Waals surface area contributed by atoms with Gasteiger partial charge in [-0.15, -0.1) is 0 Å². The van der Waals surface area contributed by atoms with Crippen LogP contribution in [-0.2, 0) is 0 Å². The average molecular weight is 283 g/mol. The number of hydrogen-bond acceptors (Lipinski definition) is 0. The lowest BCUT2D eigenvalue weighted by atomic mass is 9.68. The van der Waals surface area contributed by atoms with Gasteiger partial charge in [0.2, 0.25) is 0 Å². The van der Waals surface area contributed by atoms with Gasteiger partial charge in [0.05, 0.1) is 0 Å². The fourth-order valence-electron chi connectivity index (χ4n) is 4.22. The minimum absolute atomic E-state index is 0.471. The second kappa shape index (κ2) is 5.19. The molecule has 1 N–H and O–H groups in total. The van der Waals surface area contributed by atoms with Crippen molar-refractivity contribution in [2.24, 2.45) is 11.3 Å². The molecule has 1 aromatic carbocycles. The number of hydrogen-bond donors (Lipinski definition) is 1. The first-order valence-electron chi connectivity index (χ1n) is 8.44. The standard InChI is InChI=1S/C20H29N/c1-13-10-14(2)19-17(11-13)18(12-21-19)15-6-8-16(9-7-15)20(3,4)5/h10-12,15-16,21H,6-9H2,1-5H3. The zero-order valence-corrected chi connectivity index (χ0v) is 14.2. The number of rotatable bonds is 1. The van der Waals surface area contributed by atoms with Gasteiger partial charge in [-0.25, -0.2) is 0 Å². The van der Waals surface area contributed by atoms with Gasteiger partial charge in [0.1, 0.15) is 0 Å². The van der Waals surface area contributed by atoms with Crippen molar-refractivity contribution in [1.82, 2.24) is 4.98 Å². The van der Waals surface area contributed by atoms with Crippen molar-refractivity contribution in [2.75, 3.05) is 0 Å². The summed E-state index contributed by atoms with van der Waals surface area (Å²) in [6.07, 6.45) is 7.74. The lowest BCUT2D eigenvalue weighted by molar-refractivity contribution is 0.169. The molecule has 0 amide bonds. The molecule has 1 aliphatic rings. The quantitative estimate of drug-likeness (QED) is 0.650. The van der Waals surface area contributed by atoms with E-state index in [0.717, 1.165) is 11.8 Å². The van der Waals surface area contributed by atoms with E-state index < -0.39 is 0 Å². The molecule has 1 nitrogen and oxygen atoms in total. The molecule has 1 aliphatic carbocycles. The minimum Gasteiger partial charge on any atom is -0.361 e. The molecule has 2 aromatic rings. The van der Waals surface area contributed by atoms with E-state index in [2.05, 4.69) is 57.9 Å². The Morgan fingerprint density at radius 3 is 2.29 bits per heavy atom. The number of fused-ring (bicyclic) bond motifs is 1. The fraction of sp³-hybridized carbons (Fsp3) is 0.600. The summed E-state index contributed by atoms with van der Waals surface area (Å²) < 4.78 is 0. The Morgan fingerprint density at radius 2 is 1.67 bits per heavy atom. The van der Waals surface area contributed by atoms with Gasteiger partial charge in [-0.3, -0.25) is 0 Å². The third kappa shape index (κ3) is 2.75. The highest BCUT2D eigenvalue weighted by Crippen LogP contribution is 2.44. The number of H-pyrrole nitrogens is 1. The van der Waals surface area contributed by atoms with Gasteiger partial charge in [0.15, 0.2) is 0 Å². The highest BCUT2D eigenvalue weighted by Gasteiger charge is 2.31. The maximum absolute atomic E-state index is 3.52. The summed E-state index contributed by atoms with van der Waals surface area (Å²) >= 11 is 0. The van der Waals surface area contributed by atoms with Crippen LogP contribution in [0.15, 0.2) is 18.3 Å². The normalized spacial score (nSPS) is 23.7. The molecule has 0 saturated heterocycles. The molecule has 1 saturated carbocycles. The molecule has 0 radical (unpaired) electrons. The molecule has 0 unspecified atom stereocenters. The van der Waals surface area contributed by atoms with Gasteiger partial charge in [-0.05, 0) is 74.0 Å². The Morgan fingerprint density at radius 1 is 1.00 bits per heavy atom. The maximum Gasteiger partial charge on any atom is 0.0486 e. The van der Waals surface area contributed by atoms with E-state index in [1.807, 2.05) is 0 Å². The fourth-order valence-corrected chi connectivity index (χ4v) is 4.22. The van der Waals surface area contributed by atoms with Gasteiger partial charge in [0, 0.05) is 17.1 Å². The SMILES string of the molecule is Cc1cc(C)c2[nH]cc(C3CCC(C(C)(C)C)CC3)c2c1. The summed E-state index contributed by atoms with van der Waals surface area (Å²) in [5, 5.41) is 1.46. The number of aromatic amines is 1. The van der Waals surface area contributed by atoms with Crippen LogP contribution in [0, 0.1) is 25.2 Å². The summed E-state index contributed by atoms with van der Waals surface area (Å²) in [5.41, 5.74) is 6.12. The molecule has 3 rings (SSSR count). The van der Waals surface area contributed by atoms with Crippen LogP contribution in [0.3, 0.4) is 0 Å². The maximum atomic E-state index is 3.52. The molecule has 0 spiro atoms. The lowest BCUT2D eigenvalue weighted by Gasteiger charge is -2.37. The van der Waals surface area contributed by atoms with E-state index in [9.17, 15) is 0 Å². The van der Waals surface area contributed by atoms with E-state index in [1.54, 1.807) is 5.56 Å². The van der Waals surface area contributed by atoms with E-state index >= 15 is 0 Å². The second-order valence-electron chi connectivity index (χ2n) is 8.16. The molecule has 21 heavy (non-hydrogen) atoms. The van der Waals surface area contributed by atoms with Crippen molar-refractivity contribution in [3.63, 3.8) is 0 Å². The highest BCUT2D eigenvalue weighted by atomic mass is 14.7. The van der Waals surface area contributed by atoms with Crippen molar-refractivity contribution in [3.05, 3.63) is 35.0 Å². The van der Waals surface area contributed by atoms with Crippen LogP contribution in [-0.4, -0.2) is 4.98 Å². The van der Waals surface area contributed by atoms with Gasteiger partial charge in [0.25, 0.3) is 0 Å².